The summed E-state index contributed by atoms with van der Waals surface area (Å²) >= 11 is 0. The molecule has 0 spiro atoms. The Morgan fingerprint density at radius 1 is 0.900 bits per heavy atom. The number of hydrogen-bond acceptors (Lipinski definition) is 1. The lowest BCUT2D eigenvalue weighted by atomic mass is 9.58. The van der Waals surface area contributed by atoms with Crippen molar-refractivity contribution in [2.75, 3.05) is 0 Å². The van der Waals surface area contributed by atoms with Crippen LogP contribution in [0.2, 0.25) is 0 Å². The molecule has 0 aliphatic heterocycles. The number of hydrogen-bond donors (Lipinski definition) is 0. The van der Waals surface area contributed by atoms with E-state index in [1.54, 1.807) is 0 Å². The van der Waals surface area contributed by atoms with Crippen molar-refractivity contribution < 1.29 is 0 Å². The van der Waals surface area contributed by atoms with Gasteiger partial charge in [-0.3, -0.25) is 0 Å². The smallest absolute Gasteiger partial charge is 0.0689 e. The van der Waals surface area contributed by atoms with Gasteiger partial charge in [-0.1, -0.05) is 20.3 Å². The Hall–Kier alpha value is -0.510. The monoisotopic (exact) mass is 273 g/mol. The van der Waals surface area contributed by atoms with Gasteiger partial charge in [0.05, 0.1) is 11.5 Å². The van der Waals surface area contributed by atoms with Crippen molar-refractivity contribution in [3.63, 3.8) is 0 Å². The van der Waals surface area contributed by atoms with Gasteiger partial charge < -0.3 is 0 Å². The largest absolute Gasteiger partial charge is 0.198 e. The zero-order chi connectivity index (χ0) is 14.3. The second-order valence-corrected chi connectivity index (χ2v) is 8.55. The summed E-state index contributed by atoms with van der Waals surface area (Å²) in [6.07, 6.45) is 11.1. The molecular weight excluding hydrogens is 242 g/mol. The molecule has 0 heterocycles. The van der Waals surface area contributed by atoms with Crippen molar-refractivity contribution in [2.45, 2.75) is 72.1 Å². The van der Waals surface area contributed by atoms with Gasteiger partial charge in [0, 0.05) is 0 Å². The van der Waals surface area contributed by atoms with Crippen LogP contribution in [0, 0.1) is 52.3 Å². The summed E-state index contributed by atoms with van der Waals surface area (Å²) in [4.78, 5) is 0. The molecule has 3 aliphatic carbocycles. The fourth-order valence-corrected chi connectivity index (χ4v) is 5.75. The van der Waals surface area contributed by atoms with Crippen molar-refractivity contribution in [1.82, 2.24) is 0 Å². The van der Waals surface area contributed by atoms with E-state index < -0.39 is 0 Å². The quantitative estimate of drug-likeness (QED) is 0.578. The highest BCUT2D eigenvalue weighted by Gasteiger charge is 2.46. The van der Waals surface area contributed by atoms with Crippen LogP contribution in [-0.4, -0.2) is 0 Å². The van der Waals surface area contributed by atoms with Crippen LogP contribution in [0.1, 0.15) is 72.1 Å². The Morgan fingerprint density at radius 3 is 2.25 bits per heavy atom. The van der Waals surface area contributed by atoms with Crippen LogP contribution < -0.4 is 0 Å². The summed E-state index contributed by atoms with van der Waals surface area (Å²) in [6, 6.07) is 2.66. The van der Waals surface area contributed by atoms with Gasteiger partial charge in [0.1, 0.15) is 0 Å². The van der Waals surface area contributed by atoms with E-state index in [-0.39, 0.29) is 5.41 Å². The second kappa shape index (κ2) is 5.36. The fraction of sp³-hybridized carbons (Fsp3) is 0.947. The van der Waals surface area contributed by atoms with Crippen molar-refractivity contribution in [3.05, 3.63) is 0 Å². The predicted octanol–water partition coefficient (Wildman–Crippen LogP) is 5.41. The highest BCUT2D eigenvalue weighted by molar-refractivity contribution is 5.03. The first-order valence-corrected chi connectivity index (χ1v) is 8.94. The van der Waals surface area contributed by atoms with Crippen molar-refractivity contribution in [2.24, 2.45) is 40.9 Å². The molecule has 0 N–H and O–H groups in total. The molecule has 112 valence electrons. The number of rotatable bonds is 0. The Morgan fingerprint density at radius 2 is 1.55 bits per heavy atom. The van der Waals surface area contributed by atoms with E-state index in [9.17, 15) is 5.26 Å². The Kier molecular flexibility index (Phi) is 3.87. The number of fused-ring (bicyclic) bond motifs is 3. The molecule has 0 bridgehead atoms. The van der Waals surface area contributed by atoms with Gasteiger partial charge in [0.2, 0.25) is 0 Å². The van der Waals surface area contributed by atoms with Crippen LogP contribution in [0.15, 0.2) is 0 Å². The lowest BCUT2D eigenvalue weighted by Crippen LogP contribution is -2.38. The maximum Gasteiger partial charge on any atom is 0.0689 e. The average Bonchev–Trinajstić information content (AvgIpc) is 2.57. The molecule has 0 aromatic rings. The normalized spacial score (nSPS) is 52.3. The summed E-state index contributed by atoms with van der Waals surface area (Å²) < 4.78 is 0. The molecule has 7 unspecified atom stereocenters. The highest BCUT2D eigenvalue weighted by atomic mass is 14.5. The van der Waals surface area contributed by atoms with Crippen molar-refractivity contribution >= 4 is 0 Å². The number of nitriles is 1. The van der Waals surface area contributed by atoms with Gasteiger partial charge in [-0.2, -0.15) is 5.26 Å². The van der Waals surface area contributed by atoms with Gasteiger partial charge >= 0.3 is 0 Å². The Labute approximate surface area is 125 Å². The van der Waals surface area contributed by atoms with E-state index in [1.807, 2.05) is 0 Å². The summed E-state index contributed by atoms with van der Waals surface area (Å²) in [7, 11) is 0. The van der Waals surface area contributed by atoms with Crippen LogP contribution in [-0.2, 0) is 0 Å². The molecular formula is C19H31N. The third-order valence-corrected chi connectivity index (χ3v) is 7.36. The second-order valence-electron chi connectivity index (χ2n) is 8.55. The molecule has 7 atom stereocenters. The third kappa shape index (κ3) is 2.40. The zero-order valence-corrected chi connectivity index (χ0v) is 13.6. The van der Waals surface area contributed by atoms with E-state index >= 15 is 0 Å². The summed E-state index contributed by atoms with van der Waals surface area (Å²) in [5.41, 5.74) is -0.0607. The van der Waals surface area contributed by atoms with E-state index in [4.69, 9.17) is 0 Å². The molecule has 3 aliphatic rings. The van der Waals surface area contributed by atoms with Crippen LogP contribution in [0.5, 0.6) is 0 Å². The van der Waals surface area contributed by atoms with E-state index in [0.717, 1.165) is 36.0 Å². The molecule has 1 heteroatoms. The first kappa shape index (κ1) is 14.4. The summed E-state index contributed by atoms with van der Waals surface area (Å²) in [5.74, 6) is 5.43. The molecule has 3 fully saturated rings. The van der Waals surface area contributed by atoms with Crippen LogP contribution in [0.3, 0.4) is 0 Å². The molecule has 3 rings (SSSR count). The number of nitrogens with zero attached hydrogens (tertiary/aromatic N) is 1. The summed E-state index contributed by atoms with van der Waals surface area (Å²) in [5, 5.41) is 9.60. The summed E-state index contributed by atoms with van der Waals surface area (Å²) in [6.45, 7) is 7.00. The molecule has 1 nitrogen and oxygen atoms in total. The minimum absolute atomic E-state index is 0.0607. The van der Waals surface area contributed by atoms with Gasteiger partial charge in [0.15, 0.2) is 0 Å². The average molecular weight is 273 g/mol. The van der Waals surface area contributed by atoms with Gasteiger partial charge in [-0.15, -0.1) is 0 Å². The predicted molar refractivity (Wildman–Crippen MR) is 82.9 cm³/mol. The Bertz CT molecular complexity index is 395. The van der Waals surface area contributed by atoms with Crippen molar-refractivity contribution in [1.29, 1.82) is 5.26 Å². The van der Waals surface area contributed by atoms with E-state index in [0.29, 0.717) is 5.92 Å². The SMILES string of the molecule is CC1CCC2C(CCC3CC(C)C(C)(C#N)CCC32)C1. The zero-order valence-electron chi connectivity index (χ0n) is 13.6. The maximum atomic E-state index is 9.60. The van der Waals surface area contributed by atoms with Gasteiger partial charge in [0.25, 0.3) is 0 Å². The third-order valence-electron chi connectivity index (χ3n) is 7.36. The standard InChI is InChI=1S/C19H31N/c1-13-4-7-17-15(10-13)5-6-16-11-14(2)19(3,12-20)9-8-18(16)17/h13-18H,4-11H2,1-3H3. The van der Waals surface area contributed by atoms with E-state index in [2.05, 4.69) is 26.8 Å². The van der Waals surface area contributed by atoms with Crippen LogP contribution in [0.25, 0.3) is 0 Å². The van der Waals surface area contributed by atoms with Crippen molar-refractivity contribution in [3.8, 4) is 6.07 Å². The highest BCUT2D eigenvalue weighted by Crippen LogP contribution is 2.54. The molecule has 0 radical (unpaired) electrons. The van der Waals surface area contributed by atoms with Gasteiger partial charge in [-0.25, -0.2) is 0 Å². The van der Waals surface area contributed by atoms with Crippen LogP contribution in [0.4, 0.5) is 0 Å². The lowest BCUT2D eigenvalue weighted by Gasteiger charge is -2.47. The molecule has 0 aromatic heterocycles. The molecule has 0 aromatic carbocycles. The molecule has 3 saturated carbocycles. The fourth-order valence-electron chi connectivity index (χ4n) is 5.75. The first-order chi connectivity index (χ1) is 9.53. The Balaban J connectivity index is 1.78. The minimum Gasteiger partial charge on any atom is -0.198 e. The maximum absolute atomic E-state index is 9.60. The van der Waals surface area contributed by atoms with E-state index in [1.165, 1.54) is 44.9 Å². The molecule has 0 saturated heterocycles. The lowest BCUT2D eigenvalue weighted by molar-refractivity contribution is 0.0313. The molecule has 0 amide bonds. The van der Waals surface area contributed by atoms with Gasteiger partial charge in [-0.05, 0) is 87.4 Å². The molecule has 20 heavy (non-hydrogen) atoms. The topological polar surface area (TPSA) is 23.8 Å². The first-order valence-electron chi connectivity index (χ1n) is 8.94. The minimum atomic E-state index is -0.0607. The van der Waals surface area contributed by atoms with Crippen LogP contribution >= 0.6 is 0 Å².